The number of nitrogens with one attached hydrogen (secondary N) is 1. The van der Waals surface area contributed by atoms with Crippen molar-refractivity contribution >= 4 is 28.9 Å². The number of carbonyl (C=O) groups is 1. The highest BCUT2D eigenvalue weighted by molar-refractivity contribution is 7.10. The van der Waals surface area contributed by atoms with Crippen molar-refractivity contribution in [3.63, 3.8) is 0 Å². The van der Waals surface area contributed by atoms with Crippen LogP contribution in [0.25, 0.3) is 0 Å². The lowest BCUT2D eigenvalue weighted by molar-refractivity contribution is -0.131. The summed E-state index contributed by atoms with van der Waals surface area (Å²) in [5, 5.41) is 5.10. The molecule has 5 nitrogen and oxygen atoms in total. The molecule has 1 unspecified atom stereocenters. The Kier molecular flexibility index (Phi) is 5.62. The Balaban J connectivity index is 1.43. The maximum absolute atomic E-state index is 13.1. The first-order chi connectivity index (χ1) is 13.7. The Morgan fingerprint density at radius 1 is 1.25 bits per heavy atom. The molecule has 3 heterocycles. The van der Waals surface area contributed by atoms with Crippen LogP contribution < -0.4 is 5.32 Å². The van der Waals surface area contributed by atoms with Crippen LogP contribution in [0.15, 0.2) is 54.0 Å². The second-order valence-electron chi connectivity index (χ2n) is 6.87. The molecule has 1 N–H and O–H groups in total. The van der Waals surface area contributed by atoms with E-state index in [1.807, 2.05) is 28.5 Å². The normalized spacial score (nSPS) is 16.8. The van der Waals surface area contributed by atoms with E-state index in [2.05, 4.69) is 15.3 Å². The minimum Gasteiger partial charge on any atom is -0.342 e. The zero-order valence-corrected chi connectivity index (χ0v) is 16.2. The Hall–Kier alpha value is -2.80. The predicted octanol–water partition coefficient (Wildman–Crippen LogP) is 4.37. The molecule has 7 heteroatoms. The fourth-order valence-electron chi connectivity index (χ4n) is 3.44. The summed E-state index contributed by atoms with van der Waals surface area (Å²) in [4.78, 5) is 24.6. The second kappa shape index (κ2) is 8.48. The van der Waals surface area contributed by atoms with Gasteiger partial charge < -0.3 is 10.2 Å². The molecule has 1 saturated heterocycles. The molecule has 0 saturated carbocycles. The number of halogens is 1. The zero-order chi connectivity index (χ0) is 19.3. The van der Waals surface area contributed by atoms with Gasteiger partial charge in [-0.3, -0.25) is 4.79 Å². The number of rotatable bonds is 5. The van der Waals surface area contributed by atoms with Gasteiger partial charge in [-0.2, -0.15) is 0 Å². The summed E-state index contributed by atoms with van der Waals surface area (Å²) in [6.07, 6.45) is 4.15. The van der Waals surface area contributed by atoms with Crippen LogP contribution in [-0.2, 0) is 11.2 Å². The van der Waals surface area contributed by atoms with Gasteiger partial charge in [0, 0.05) is 35.8 Å². The Labute approximate surface area is 167 Å². The van der Waals surface area contributed by atoms with Gasteiger partial charge in [-0.25, -0.2) is 14.4 Å². The van der Waals surface area contributed by atoms with Gasteiger partial charge in [0.15, 0.2) is 0 Å². The van der Waals surface area contributed by atoms with E-state index < -0.39 is 0 Å². The van der Waals surface area contributed by atoms with Gasteiger partial charge in [0.1, 0.15) is 5.82 Å². The molecule has 1 atom stereocenters. The first kappa shape index (κ1) is 18.6. The summed E-state index contributed by atoms with van der Waals surface area (Å²) in [7, 11) is 0. The molecule has 3 aromatic rings. The monoisotopic (exact) mass is 396 g/mol. The molecule has 1 aliphatic heterocycles. The molecule has 144 valence electrons. The molecule has 0 aliphatic carbocycles. The molecular formula is C21H21FN4OS. The van der Waals surface area contributed by atoms with E-state index in [0.29, 0.717) is 18.9 Å². The molecule has 0 bridgehead atoms. The van der Waals surface area contributed by atoms with E-state index in [1.165, 1.54) is 12.1 Å². The van der Waals surface area contributed by atoms with Crippen molar-refractivity contribution in [2.75, 3.05) is 18.4 Å². The maximum Gasteiger partial charge on any atom is 0.227 e. The van der Waals surface area contributed by atoms with Crippen molar-refractivity contribution in [1.29, 1.82) is 0 Å². The van der Waals surface area contributed by atoms with Crippen LogP contribution in [0.3, 0.4) is 0 Å². The van der Waals surface area contributed by atoms with Crippen LogP contribution >= 0.6 is 11.3 Å². The van der Waals surface area contributed by atoms with Crippen LogP contribution in [0.2, 0.25) is 0 Å². The number of aromatic nitrogens is 2. The third-order valence-electron chi connectivity index (χ3n) is 4.88. The van der Waals surface area contributed by atoms with Crippen LogP contribution in [-0.4, -0.2) is 33.9 Å². The van der Waals surface area contributed by atoms with Crippen molar-refractivity contribution in [2.45, 2.75) is 25.2 Å². The number of carbonyl (C=O) groups excluding carboxylic acids is 1. The molecule has 0 spiro atoms. The van der Waals surface area contributed by atoms with Crippen LogP contribution in [0.4, 0.5) is 16.0 Å². The Bertz CT molecular complexity index is 930. The number of anilines is 2. The third kappa shape index (κ3) is 4.54. The van der Waals surface area contributed by atoms with E-state index in [-0.39, 0.29) is 17.6 Å². The number of hydrogen-bond acceptors (Lipinski definition) is 5. The highest BCUT2D eigenvalue weighted by Gasteiger charge is 2.26. The summed E-state index contributed by atoms with van der Waals surface area (Å²) in [6, 6.07) is 12.0. The lowest BCUT2D eigenvalue weighted by Crippen LogP contribution is -2.40. The fourth-order valence-corrected chi connectivity index (χ4v) is 4.14. The smallest absolute Gasteiger partial charge is 0.227 e. The van der Waals surface area contributed by atoms with E-state index in [9.17, 15) is 9.18 Å². The van der Waals surface area contributed by atoms with Gasteiger partial charge in [0.05, 0.1) is 12.1 Å². The summed E-state index contributed by atoms with van der Waals surface area (Å²) in [5.41, 5.74) is 1.66. The number of nitrogens with zero attached hydrogens (tertiary/aromatic N) is 3. The number of thiophene rings is 1. The van der Waals surface area contributed by atoms with Gasteiger partial charge in [0.2, 0.25) is 11.9 Å². The van der Waals surface area contributed by atoms with Gasteiger partial charge in [-0.05, 0) is 54.6 Å². The van der Waals surface area contributed by atoms with Crippen molar-refractivity contribution < 1.29 is 9.18 Å². The van der Waals surface area contributed by atoms with Gasteiger partial charge in [-0.1, -0.05) is 6.07 Å². The quantitative estimate of drug-likeness (QED) is 0.696. The number of hydrogen-bond donors (Lipinski definition) is 1. The second-order valence-corrected chi connectivity index (χ2v) is 7.90. The third-order valence-corrected chi connectivity index (χ3v) is 5.75. The molecule has 0 radical (unpaired) electrons. The zero-order valence-electron chi connectivity index (χ0n) is 15.3. The lowest BCUT2D eigenvalue weighted by Gasteiger charge is -2.32. The van der Waals surface area contributed by atoms with Crippen molar-refractivity contribution in [3.8, 4) is 0 Å². The van der Waals surface area contributed by atoms with Gasteiger partial charge >= 0.3 is 0 Å². The maximum atomic E-state index is 13.1. The lowest BCUT2D eigenvalue weighted by atomic mass is 9.94. The van der Waals surface area contributed by atoms with Crippen molar-refractivity contribution in [2.24, 2.45) is 0 Å². The van der Waals surface area contributed by atoms with E-state index in [4.69, 9.17) is 0 Å². The Morgan fingerprint density at radius 2 is 2.11 bits per heavy atom. The van der Waals surface area contributed by atoms with Gasteiger partial charge in [0.25, 0.3) is 0 Å². The van der Waals surface area contributed by atoms with E-state index in [1.54, 1.807) is 29.7 Å². The minimum absolute atomic E-state index is 0.172. The first-order valence-electron chi connectivity index (χ1n) is 9.33. The molecule has 28 heavy (non-hydrogen) atoms. The minimum atomic E-state index is -0.283. The molecule has 1 aromatic carbocycles. The van der Waals surface area contributed by atoms with Crippen molar-refractivity contribution in [3.05, 3.63) is 70.4 Å². The van der Waals surface area contributed by atoms with E-state index in [0.717, 1.165) is 35.6 Å². The largest absolute Gasteiger partial charge is 0.342 e. The fraction of sp³-hybridized carbons (Fsp3) is 0.286. The highest BCUT2D eigenvalue weighted by atomic mass is 32.1. The summed E-state index contributed by atoms with van der Waals surface area (Å²) in [5.74, 6) is 0.560. The van der Waals surface area contributed by atoms with Crippen LogP contribution in [0.1, 0.15) is 29.3 Å². The van der Waals surface area contributed by atoms with E-state index >= 15 is 0 Å². The molecule has 2 aromatic heterocycles. The topological polar surface area (TPSA) is 58.1 Å². The standard InChI is InChI=1S/C21H21FN4OS/c22-16-5-7-17(8-6-16)24-21-23-10-9-19(25-21)15-3-1-11-26(14-15)20(27)13-18-4-2-12-28-18/h2,4-10,12,15H,1,3,11,13-14H2,(H,23,24,25). The average Bonchev–Trinajstić information content (AvgIpc) is 3.23. The van der Waals surface area contributed by atoms with Crippen molar-refractivity contribution in [1.82, 2.24) is 14.9 Å². The molecule has 1 fully saturated rings. The predicted molar refractivity (Wildman–Crippen MR) is 108 cm³/mol. The van der Waals surface area contributed by atoms with Crippen LogP contribution in [0.5, 0.6) is 0 Å². The number of benzene rings is 1. The summed E-state index contributed by atoms with van der Waals surface area (Å²) in [6.45, 7) is 1.48. The molecular weight excluding hydrogens is 375 g/mol. The molecule has 1 amide bonds. The summed E-state index contributed by atoms with van der Waals surface area (Å²) >= 11 is 1.62. The van der Waals surface area contributed by atoms with Gasteiger partial charge in [-0.15, -0.1) is 11.3 Å². The van der Waals surface area contributed by atoms with Crippen LogP contribution in [0, 0.1) is 5.82 Å². The number of piperidine rings is 1. The first-order valence-corrected chi connectivity index (χ1v) is 10.2. The Morgan fingerprint density at radius 3 is 2.89 bits per heavy atom. The molecule has 4 rings (SSSR count). The SMILES string of the molecule is O=C(Cc1cccs1)N1CCCC(c2ccnc(Nc3ccc(F)cc3)n2)C1. The average molecular weight is 396 g/mol. The molecule has 1 aliphatic rings. The number of amides is 1. The number of likely N-dealkylation sites (tertiary alicyclic amines) is 1. The highest BCUT2D eigenvalue weighted by Crippen LogP contribution is 2.27. The summed E-state index contributed by atoms with van der Waals surface area (Å²) < 4.78 is 13.1.